The van der Waals surface area contributed by atoms with Gasteiger partial charge in [-0.2, -0.15) is 0 Å². The van der Waals surface area contributed by atoms with Crippen LogP contribution in [0.2, 0.25) is 0 Å². The van der Waals surface area contributed by atoms with Crippen LogP contribution < -0.4 is 0 Å². The van der Waals surface area contributed by atoms with Crippen LogP contribution in [0.4, 0.5) is 0 Å². The van der Waals surface area contributed by atoms with Crippen molar-refractivity contribution in [3.8, 4) is 0 Å². The summed E-state index contributed by atoms with van der Waals surface area (Å²) in [5, 5.41) is 8.58. The van der Waals surface area contributed by atoms with E-state index < -0.39 is 0 Å². The second-order valence-electron chi connectivity index (χ2n) is 4.49. The molecule has 1 atom stereocenters. The summed E-state index contributed by atoms with van der Waals surface area (Å²) in [5.74, 6) is 0.758. The smallest absolute Gasteiger partial charge is 0.0431 e. The Morgan fingerprint density at radius 2 is 1.73 bits per heavy atom. The minimum absolute atomic E-state index is 0.344. The van der Waals surface area contributed by atoms with Crippen LogP contribution in [0.15, 0.2) is 0 Å². The van der Waals surface area contributed by atoms with Crippen LogP contribution in [-0.2, 0) is 0 Å². The molecular formula is C10H22O. The van der Waals surface area contributed by atoms with E-state index in [1.807, 2.05) is 0 Å². The van der Waals surface area contributed by atoms with E-state index in [1.54, 1.807) is 0 Å². The molecule has 1 heteroatoms. The first-order chi connectivity index (χ1) is 4.98. The van der Waals surface area contributed by atoms with Gasteiger partial charge < -0.3 is 5.11 Å². The summed E-state index contributed by atoms with van der Waals surface area (Å²) in [4.78, 5) is 0. The number of aliphatic hydroxyl groups excluding tert-OH is 1. The molecule has 1 nitrogen and oxygen atoms in total. The van der Waals surface area contributed by atoms with Gasteiger partial charge in [-0.25, -0.2) is 0 Å². The maximum absolute atomic E-state index is 8.58. The van der Waals surface area contributed by atoms with Gasteiger partial charge >= 0.3 is 0 Å². The van der Waals surface area contributed by atoms with Crippen molar-refractivity contribution in [1.82, 2.24) is 0 Å². The first-order valence-electron chi connectivity index (χ1n) is 4.59. The van der Waals surface area contributed by atoms with Gasteiger partial charge in [-0.15, -0.1) is 0 Å². The van der Waals surface area contributed by atoms with Gasteiger partial charge in [-0.05, 0) is 17.8 Å². The Bertz CT molecular complexity index is 91.5. The number of rotatable bonds is 4. The number of hydrogen-bond acceptors (Lipinski definition) is 1. The number of unbranched alkanes of at least 4 members (excludes halogenated alkanes) is 1. The summed E-state index contributed by atoms with van der Waals surface area (Å²) in [6, 6.07) is 0. The van der Waals surface area contributed by atoms with E-state index in [4.69, 9.17) is 5.11 Å². The first kappa shape index (κ1) is 11.0. The summed E-state index contributed by atoms with van der Waals surface area (Å²) >= 11 is 0. The fourth-order valence-corrected chi connectivity index (χ4v) is 0.995. The van der Waals surface area contributed by atoms with E-state index in [0.29, 0.717) is 12.0 Å². The maximum atomic E-state index is 8.58. The third-order valence-electron chi connectivity index (χ3n) is 2.52. The predicted octanol–water partition coefficient (Wildman–Crippen LogP) is 2.83. The second-order valence-corrected chi connectivity index (χ2v) is 4.49. The minimum Gasteiger partial charge on any atom is -0.396 e. The molecule has 68 valence electrons. The molecule has 0 spiro atoms. The fraction of sp³-hybridized carbons (Fsp3) is 1.00. The van der Waals surface area contributed by atoms with E-state index in [9.17, 15) is 0 Å². The van der Waals surface area contributed by atoms with Crippen LogP contribution in [-0.4, -0.2) is 11.7 Å². The van der Waals surface area contributed by atoms with E-state index in [1.165, 1.54) is 6.42 Å². The van der Waals surface area contributed by atoms with Crippen LogP contribution in [0.1, 0.15) is 47.0 Å². The lowest BCUT2D eigenvalue weighted by Gasteiger charge is -2.27. The molecule has 0 radical (unpaired) electrons. The van der Waals surface area contributed by atoms with Gasteiger partial charge in [-0.3, -0.25) is 0 Å². The summed E-state index contributed by atoms with van der Waals surface area (Å²) in [7, 11) is 0. The number of hydrogen-bond donors (Lipinski definition) is 1. The van der Waals surface area contributed by atoms with E-state index in [0.717, 1.165) is 18.8 Å². The van der Waals surface area contributed by atoms with Crippen molar-refractivity contribution in [3.05, 3.63) is 0 Å². The van der Waals surface area contributed by atoms with Crippen molar-refractivity contribution in [3.63, 3.8) is 0 Å². The molecule has 0 bridgehead atoms. The Kier molecular flexibility index (Phi) is 4.74. The molecule has 0 amide bonds. The van der Waals surface area contributed by atoms with Crippen LogP contribution in [0.3, 0.4) is 0 Å². The second kappa shape index (κ2) is 4.76. The highest BCUT2D eigenvalue weighted by Gasteiger charge is 2.18. The van der Waals surface area contributed by atoms with E-state index >= 15 is 0 Å². The van der Waals surface area contributed by atoms with Gasteiger partial charge in [0.05, 0.1) is 0 Å². The zero-order valence-corrected chi connectivity index (χ0v) is 8.35. The van der Waals surface area contributed by atoms with Gasteiger partial charge in [0.15, 0.2) is 0 Å². The van der Waals surface area contributed by atoms with Crippen molar-refractivity contribution in [2.24, 2.45) is 11.3 Å². The van der Waals surface area contributed by atoms with Gasteiger partial charge in [0.25, 0.3) is 0 Å². The van der Waals surface area contributed by atoms with Gasteiger partial charge in [0.1, 0.15) is 0 Å². The van der Waals surface area contributed by atoms with Crippen molar-refractivity contribution in [2.75, 3.05) is 6.61 Å². The maximum Gasteiger partial charge on any atom is 0.0431 e. The van der Waals surface area contributed by atoms with Gasteiger partial charge in [0.2, 0.25) is 0 Å². The summed E-state index contributed by atoms with van der Waals surface area (Å²) in [5.41, 5.74) is 0.426. The van der Waals surface area contributed by atoms with Crippen molar-refractivity contribution in [2.45, 2.75) is 47.0 Å². The summed E-state index contributed by atoms with van der Waals surface area (Å²) in [6.45, 7) is 9.46. The van der Waals surface area contributed by atoms with Crippen LogP contribution in [0.5, 0.6) is 0 Å². The molecular weight excluding hydrogens is 136 g/mol. The zero-order valence-electron chi connectivity index (χ0n) is 8.35. The molecule has 0 saturated carbocycles. The van der Waals surface area contributed by atoms with Crippen molar-refractivity contribution < 1.29 is 5.11 Å². The fourth-order valence-electron chi connectivity index (χ4n) is 0.995. The average molecular weight is 158 g/mol. The molecule has 0 aliphatic carbocycles. The molecule has 0 heterocycles. The monoisotopic (exact) mass is 158 g/mol. The Balaban J connectivity index is 3.44. The zero-order chi connectivity index (χ0) is 8.91. The van der Waals surface area contributed by atoms with Crippen LogP contribution >= 0.6 is 0 Å². The normalized spacial score (nSPS) is 15.0. The van der Waals surface area contributed by atoms with Crippen molar-refractivity contribution >= 4 is 0 Å². The topological polar surface area (TPSA) is 20.2 Å². The quantitative estimate of drug-likeness (QED) is 0.624. The number of aliphatic hydroxyl groups is 1. The van der Waals surface area contributed by atoms with E-state index in [2.05, 4.69) is 27.7 Å². The summed E-state index contributed by atoms with van der Waals surface area (Å²) in [6.07, 6.45) is 3.36. The third-order valence-corrected chi connectivity index (χ3v) is 2.52. The standard InChI is InChI=1S/C10H22O/c1-9(10(2,3)4)7-5-6-8-11/h9,11H,5-8H2,1-4H3/t9-/m1/s1. The largest absolute Gasteiger partial charge is 0.396 e. The minimum atomic E-state index is 0.344. The molecule has 11 heavy (non-hydrogen) atoms. The van der Waals surface area contributed by atoms with Crippen molar-refractivity contribution in [1.29, 1.82) is 0 Å². The molecule has 0 saturated heterocycles. The SMILES string of the molecule is C[C@H](CCCCO)C(C)(C)C. The lowest BCUT2D eigenvalue weighted by molar-refractivity contribution is 0.227. The van der Waals surface area contributed by atoms with Gasteiger partial charge in [-0.1, -0.05) is 40.5 Å². The predicted molar refractivity (Wildman–Crippen MR) is 49.6 cm³/mol. The molecule has 0 aromatic carbocycles. The lowest BCUT2D eigenvalue weighted by atomic mass is 9.79. The van der Waals surface area contributed by atoms with Crippen LogP contribution in [0, 0.1) is 11.3 Å². The highest BCUT2D eigenvalue weighted by atomic mass is 16.2. The first-order valence-corrected chi connectivity index (χ1v) is 4.59. The van der Waals surface area contributed by atoms with Gasteiger partial charge in [0, 0.05) is 6.61 Å². The molecule has 1 N–H and O–H groups in total. The molecule has 0 aromatic rings. The molecule has 0 aromatic heterocycles. The molecule has 0 rings (SSSR count). The Morgan fingerprint density at radius 3 is 2.09 bits per heavy atom. The third kappa shape index (κ3) is 5.25. The molecule has 0 aliphatic heterocycles. The van der Waals surface area contributed by atoms with Crippen LogP contribution in [0.25, 0.3) is 0 Å². The average Bonchev–Trinajstić information content (AvgIpc) is 1.86. The molecule has 0 aliphatic rings. The van der Waals surface area contributed by atoms with E-state index in [-0.39, 0.29) is 0 Å². The highest BCUT2D eigenvalue weighted by molar-refractivity contribution is 4.69. The molecule has 0 fully saturated rings. The lowest BCUT2D eigenvalue weighted by Crippen LogP contribution is -2.17. The highest BCUT2D eigenvalue weighted by Crippen LogP contribution is 2.29. The molecule has 0 unspecified atom stereocenters. The Labute approximate surface area is 70.8 Å². The Hall–Kier alpha value is -0.0400. The Morgan fingerprint density at radius 1 is 1.18 bits per heavy atom. The summed E-state index contributed by atoms with van der Waals surface area (Å²) < 4.78 is 0.